The van der Waals surface area contributed by atoms with Gasteiger partial charge in [0.25, 0.3) is 0 Å². The summed E-state index contributed by atoms with van der Waals surface area (Å²) in [5.74, 6) is 0.110. The number of nitrogens with one attached hydrogen (secondary N) is 1. The summed E-state index contributed by atoms with van der Waals surface area (Å²) in [5, 5.41) is 2.82. The van der Waals surface area contributed by atoms with Crippen LogP contribution in [0.5, 0.6) is 0 Å². The number of likely N-dealkylation sites (tertiary alicyclic amines) is 1. The number of carbonyl (C=O) groups is 2. The first-order valence-electron chi connectivity index (χ1n) is 7.85. The molecule has 1 saturated heterocycles. The SMILES string of the molecule is CCOC(=O)N[C@H]1CCCN(C(=O)Cc2ccc(C)cc2)C1. The highest BCUT2D eigenvalue weighted by Gasteiger charge is 2.25. The highest BCUT2D eigenvalue weighted by molar-refractivity contribution is 5.79. The number of hydrogen-bond acceptors (Lipinski definition) is 3. The number of hydrogen-bond donors (Lipinski definition) is 1. The molecule has 2 amide bonds. The zero-order valence-electron chi connectivity index (χ0n) is 13.3. The Balaban J connectivity index is 1.87. The topological polar surface area (TPSA) is 58.6 Å². The molecule has 1 N–H and O–H groups in total. The van der Waals surface area contributed by atoms with E-state index in [0.29, 0.717) is 19.6 Å². The lowest BCUT2D eigenvalue weighted by molar-refractivity contribution is -0.131. The van der Waals surface area contributed by atoms with E-state index in [1.807, 2.05) is 36.1 Å². The van der Waals surface area contributed by atoms with Gasteiger partial charge in [-0.2, -0.15) is 0 Å². The third-order valence-corrected chi connectivity index (χ3v) is 3.85. The van der Waals surface area contributed by atoms with Gasteiger partial charge in [0, 0.05) is 19.1 Å². The molecule has 1 fully saturated rings. The second-order valence-electron chi connectivity index (χ2n) is 5.71. The van der Waals surface area contributed by atoms with Crippen LogP contribution in [0, 0.1) is 6.92 Å². The molecule has 1 aliphatic rings. The Labute approximate surface area is 131 Å². The third-order valence-electron chi connectivity index (χ3n) is 3.85. The highest BCUT2D eigenvalue weighted by Crippen LogP contribution is 2.13. The van der Waals surface area contributed by atoms with Gasteiger partial charge in [-0.25, -0.2) is 4.79 Å². The van der Waals surface area contributed by atoms with Crippen molar-refractivity contribution < 1.29 is 14.3 Å². The van der Waals surface area contributed by atoms with Crippen LogP contribution < -0.4 is 5.32 Å². The number of benzene rings is 1. The van der Waals surface area contributed by atoms with E-state index in [-0.39, 0.29) is 11.9 Å². The minimum absolute atomic E-state index is 0.0187. The quantitative estimate of drug-likeness (QED) is 0.928. The normalized spacial score (nSPS) is 17.9. The molecule has 1 heterocycles. The van der Waals surface area contributed by atoms with Crippen LogP contribution in [0.2, 0.25) is 0 Å². The Morgan fingerprint density at radius 2 is 2.05 bits per heavy atom. The second kappa shape index (κ2) is 7.82. The van der Waals surface area contributed by atoms with Crippen molar-refractivity contribution >= 4 is 12.0 Å². The Morgan fingerprint density at radius 1 is 1.32 bits per heavy atom. The van der Waals surface area contributed by atoms with E-state index in [1.54, 1.807) is 6.92 Å². The minimum Gasteiger partial charge on any atom is -0.450 e. The molecule has 22 heavy (non-hydrogen) atoms. The van der Waals surface area contributed by atoms with Gasteiger partial charge in [0.05, 0.1) is 13.0 Å². The molecule has 1 atom stereocenters. The van der Waals surface area contributed by atoms with Crippen LogP contribution in [0.1, 0.15) is 30.9 Å². The fraction of sp³-hybridized carbons (Fsp3) is 0.529. The minimum atomic E-state index is -0.402. The van der Waals surface area contributed by atoms with E-state index in [9.17, 15) is 9.59 Å². The van der Waals surface area contributed by atoms with Crippen molar-refractivity contribution in [1.29, 1.82) is 0 Å². The van der Waals surface area contributed by atoms with Gasteiger partial charge < -0.3 is 15.0 Å². The van der Waals surface area contributed by atoms with Gasteiger partial charge in [0.2, 0.25) is 5.91 Å². The predicted molar refractivity (Wildman–Crippen MR) is 84.6 cm³/mol. The molecule has 2 rings (SSSR count). The van der Waals surface area contributed by atoms with Crippen molar-refractivity contribution in [2.45, 2.75) is 39.2 Å². The number of rotatable bonds is 4. The first kappa shape index (κ1) is 16.3. The molecule has 0 bridgehead atoms. The summed E-state index contributed by atoms with van der Waals surface area (Å²) in [6.07, 6.45) is 1.79. The highest BCUT2D eigenvalue weighted by atomic mass is 16.5. The molecule has 1 aromatic carbocycles. The predicted octanol–water partition coefficient (Wildman–Crippen LogP) is 2.27. The van der Waals surface area contributed by atoms with Crippen molar-refractivity contribution in [1.82, 2.24) is 10.2 Å². The van der Waals surface area contributed by atoms with Crippen LogP contribution in [-0.2, 0) is 16.0 Å². The first-order valence-corrected chi connectivity index (χ1v) is 7.85. The van der Waals surface area contributed by atoms with Gasteiger partial charge in [0.1, 0.15) is 0 Å². The monoisotopic (exact) mass is 304 g/mol. The average Bonchev–Trinajstić information content (AvgIpc) is 2.50. The first-order chi connectivity index (χ1) is 10.6. The maximum Gasteiger partial charge on any atom is 0.407 e. The Kier molecular flexibility index (Phi) is 5.81. The number of aryl methyl sites for hydroxylation is 1. The van der Waals surface area contributed by atoms with Crippen molar-refractivity contribution in [3.05, 3.63) is 35.4 Å². The van der Waals surface area contributed by atoms with Gasteiger partial charge >= 0.3 is 6.09 Å². The molecular weight excluding hydrogens is 280 g/mol. The van der Waals surface area contributed by atoms with Crippen LogP contribution in [0.25, 0.3) is 0 Å². The number of carbonyl (C=O) groups excluding carboxylic acids is 2. The summed E-state index contributed by atoms with van der Waals surface area (Å²) in [6, 6.07) is 8.00. The van der Waals surface area contributed by atoms with Crippen LogP contribution in [-0.4, -0.2) is 42.6 Å². The summed E-state index contributed by atoms with van der Waals surface area (Å²) in [4.78, 5) is 25.7. The second-order valence-corrected chi connectivity index (χ2v) is 5.71. The Morgan fingerprint density at radius 3 is 2.73 bits per heavy atom. The fourth-order valence-electron chi connectivity index (χ4n) is 2.65. The standard InChI is InChI=1S/C17H24N2O3/c1-3-22-17(21)18-15-5-4-10-19(12-15)16(20)11-14-8-6-13(2)7-9-14/h6-9,15H,3-5,10-12H2,1-2H3,(H,18,21)/t15-/m0/s1. The Hall–Kier alpha value is -2.04. The van der Waals surface area contributed by atoms with Gasteiger partial charge in [-0.1, -0.05) is 29.8 Å². The van der Waals surface area contributed by atoms with E-state index in [2.05, 4.69) is 5.32 Å². The summed E-state index contributed by atoms with van der Waals surface area (Å²) >= 11 is 0. The largest absolute Gasteiger partial charge is 0.450 e. The van der Waals surface area contributed by atoms with Crippen LogP contribution in [0.3, 0.4) is 0 Å². The van der Waals surface area contributed by atoms with E-state index in [1.165, 1.54) is 5.56 Å². The number of ether oxygens (including phenoxy) is 1. The molecule has 0 aliphatic carbocycles. The number of nitrogens with zero attached hydrogens (tertiary/aromatic N) is 1. The molecule has 0 saturated carbocycles. The molecule has 0 spiro atoms. The Bertz CT molecular complexity index is 513. The maximum absolute atomic E-state index is 12.4. The van der Waals surface area contributed by atoms with Crippen molar-refractivity contribution in [2.24, 2.45) is 0 Å². The van der Waals surface area contributed by atoms with Crippen LogP contribution in [0.15, 0.2) is 24.3 Å². The number of alkyl carbamates (subject to hydrolysis) is 1. The molecule has 1 aliphatic heterocycles. The molecule has 0 unspecified atom stereocenters. The van der Waals surface area contributed by atoms with Crippen molar-refractivity contribution in [2.75, 3.05) is 19.7 Å². The van der Waals surface area contributed by atoms with Crippen LogP contribution >= 0.6 is 0 Å². The van der Waals surface area contributed by atoms with E-state index < -0.39 is 6.09 Å². The molecule has 1 aromatic rings. The van der Waals surface area contributed by atoms with E-state index >= 15 is 0 Å². The van der Waals surface area contributed by atoms with Crippen molar-refractivity contribution in [3.8, 4) is 0 Å². The van der Waals surface area contributed by atoms with Gasteiger partial charge in [-0.15, -0.1) is 0 Å². The van der Waals surface area contributed by atoms with E-state index in [4.69, 9.17) is 4.74 Å². The number of amides is 2. The zero-order chi connectivity index (χ0) is 15.9. The molecule has 0 radical (unpaired) electrons. The zero-order valence-corrected chi connectivity index (χ0v) is 13.3. The summed E-state index contributed by atoms with van der Waals surface area (Å²) in [6.45, 7) is 5.48. The average molecular weight is 304 g/mol. The lowest BCUT2D eigenvalue weighted by atomic mass is 10.0. The summed E-state index contributed by atoms with van der Waals surface area (Å²) in [5.41, 5.74) is 2.21. The smallest absolute Gasteiger partial charge is 0.407 e. The number of piperidine rings is 1. The molecule has 120 valence electrons. The van der Waals surface area contributed by atoms with Crippen LogP contribution in [0.4, 0.5) is 4.79 Å². The van der Waals surface area contributed by atoms with Gasteiger partial charge in [-0.3, -0.25) is 4.79 Å². The molecular formula is C17H24N2O3. The lowest BCUT2D eigenvalue weighted by Crippen LogP contribution is -2.50. The fourth-order valence-corrected chi connectivity index (χ4v) is 2.65. The van der Waals surface area contributed by atoms with E-state index in [0.717, 1.165) is 24.9 Å². The van der Waals surface area contributed by atoms with Gasteiger partial charge in [0.15, 0.2) is 0 Å². The summed E-state index contributed by atoms with van der Waals surface area (Å²) < 4.78 is 4.89. The third kappa shape index (κ3) is 4.76. The van der Waals surface area contributed by atoms with Crippen molar-refractivity contribution in [3.63, 3.8) is 0 Å². The molecule has 5 nitrogen and oxygen atoms in total. The molecule has 5 heteroatoms. The van der Waals surface area contributed by atoms with Gasteiger partial charge in [-0.05, 0) is 32.3 Å². The summed E-state index contributed by atoms with van der Waals surface area (Å²) in [7, 11) is 0. The lowest BCUT2D eigenvalue weighted by Gasteiger charge is -2.33. The maximum atomic E-state index is 12.4. The molecule has 0 aromatic heterocycles.